The third kappa shape index (κ3) is 4.21. The molecule has 1 aliphatic rings. The van der Waals surface area contributed by atoms with Gasteiger partial charge in [0.25, 0.3) is 0 Å². The summed E-state index contributed by atoms with van der Waals surface area (Å²) >= 11 is 0. The van der Waals surface area contributed by atoms with E-state index >= 15 is 0 Å². The normalized spacial score (nSPS) is 15.3. The van der Waals surface area contributed by atoms with Gasteiger partial charge in [-0.15, -0.1) is 0 Å². The molecule has 22 heavy (non-hydrogen) atoms. The van der Waals surface area contributed by atoms with Gasteiger partial charge in [-0.25, -0.2) is 4.79 Å². The van der Waals surface area contributed by atoms with Crippen molar-refractivity contribution in [2.75, 3.05) is 20.2 Å². The maximum absolute atomic E-state index is 12.0. The van der Waals surface area contributed by atoms with Crippen LogP contribution in [0.2, 0.25) is 0 Å². The van der Waals surface area contributed by atoms with Crippen LogP contribution in [0.1, 0.15) is 32.8 Å². The minimum atomic E-state index is -0.481. The Balaban J connectivity index is 2.07. The average molecular weight is 306 g/mol. The maximum Gasteiger partial charge on any atom is 0.410 e. The van der Waals surface area contributed by atoms with Crippen molar-refractivity contribution < 1.29 is 19.3 Å². The molecule has 6 heteroatoms. The van der Waals surface area contributed by atoms with Crippen LogP contribution in [0.4, 0.5) is 4.79 Å². The highest BCUT2D eigenvalue weighted by Gasteiger charge is 2.24. The van der Waals surface area contributed by atoms with Crippen LogP contribution < -0.4 is 4.89 Å². The number of carbonyl (C=O) groups is 1. The standard InChI is InChI=1S/C16H22N2O4/c1-16(2,3)21-15(19)18-9-6-12(7-10-18)13-5-8-17-11-14(13)22-20-4/h5-6,8,11H,7,9-10H2,1-4H3. The zero-order valence-electron chi connectivity index (χ0n) is 13.5. The number of hydrogen-bond acceptors (Lipinski definition) is 5. The van der Waals surface area contributed by atoms with Crippen molar-refractivity contribution in [3.8, 4) is 5.75 Å². The number of amides is 1. The van der Waals surface area contributed by atoms with E-state index in [2.05, 4.69) is 4.98 Å². The fraction of sp³-hybridized carbons (Fsp3) is 0.500. The molecule has 6 nitrogen and oxygen atoms in total. The Hall–Kier alpha value is -2.08. The fourth-order valence-electron chi connectivity index (χ4n) is 2.21. The van der Waals surface area contributed by atoms with E-state index in [9.17, 15) is 4.79 Å². The lowest BCUT2D eigenvalue weighted by Gasteiger charge is -2.29. The Morgan fingerprint density at radius 3 is 2.73 bits per heavy atom. The van der Waals surface area contributed by atoms with Crippen LogP contribution in [0.15, 0.2) is 24.5 Å². The van der Waals surface area contributed by atoms with Crippen molar-refractivity contribution in [1.82, 2.24) is 9.88 Å². The number of nitrogens with zero attached hydrogens (tertiary/aromatic N) is 2. The van der Waals surface area contributed by atoms with Crippen molar-refractivity contribution in [3.05, 3.63) is 30.1 Å². The number of aromatic nitrogens is 1. The van der Waals surface area contributed by atoms with Crippen LogP contribution in [-0.2, 0) is 9.62 Å². The van der Waals surface area contributed by atoms with Crippen LogP contribution in [0.5, 0.6) is 5.75 Å². The minimum Gasteiger partial charge on any atom is -0.444 e. The number of pyridine rings is 1. The largest absolute Gasteiger partial charge is 0.444 e. The molecule has 1 aromatic heterocycles. The van der Waals surface area contributed by atoms with Crippen molar-refractivity contribution in [1.29, 1.82) is 0 Å². The molecule has 0 spiro atoms. The summed E-state index contributed by atoms with van der Waals surface area (Å²) in [5, 5.41) is 0. The summed E-state index contributed by atoms with van der Waals surface area (Å²) in [6, 6.07) is 1.88. The van der Waals surface area contributed by atoms with E-state index in [1.165, 1.54) is 7.11 Å². The SMILES string of the molecule is COOc1cnccc1C1=CCN(C(=O)OC(C)(C)C)CC1. The van der Waals surface area contributed by atoms with Crippen molar-refractivity contribution in [2.45, 2.75) is 32.8 Å². The smallest absolute Gasteiger partial charge is 0.410 e. The van der Waals surface area contributed by atoms with Crippen molar-refractivity contribution >= 4 is 11.7 Å². The van der Waals surface area contributed by atoms with E-state index in [1.54, 1.807) is 17.3 Å². The molecule has 0 aromatic carbocycles. The van der Waals surface area contributed by atoms with E-state index in [0.717, 1.165) is 17.6 Å². The molecule has 0 saturated heterocycles. The van der Waals surface area contributed by atoms with Crippen LogP contribution >= 0.6 is 0 Å². The molecule has 0 aliphatic carbocycles. The molecule has 1 aliphatic heterocycles. The Morgan fingerprint density at radius 2 is 2.14 bits per heavy atom. The van der Waals surface area contributed by atoms with Gasteiger partial charge in [-0.3, -0.25) is 4.98 Å². The molecule has 1 aromatic rings. The zero-order valence-corrected chi connectivity index (χ0v) is 13.5. The Bertz CT molecular complexity index is 564. The van der Waals surface area contributed by atoms with Gasteiger partial charge in [0, 0.05) is 24.8 Å². The molecule has 0 N–H and O–H groups in total. The van der Waals surface area contributed by atoms with Gasteiger partial charge in [0.1, 0.15) is 5.60 Å². The molecular weight excluding hydrogens is 284 g/mol. The highest BCUT2D eigenvalue weighted by Crippen LogP contribution is 2.30. The highest BCUT2D eigenvalue weighted by molar-refractivity contribution is 5.74. The second-order valence-corrected chi connectivity index (χ2v) is 6.03. The monoisotopic (exact) mass is 306 g/mol. The molecule has 0 bridgehead atoms. The topological polar surface area (TPSA) is 60.9 Å². The fourth-order valence-corrected chi connectivity index (χ4v) is 2.21. The molecule has 2 rings (SSSR count). The first-order valence-electron chi connectivity index (χ1n) is 7.23. The summed E-state index contributed by atoms with van der Waals surface area (Å²) in [6.45, 7) is 6.71. The molecule has 0 fully saturated rings. The Kier molecular flexibility index (Phi) is 5.03. The van der Waals surface area contributed by atoms with Gasteiger partial charge in [0.05, 0.1) is 13.3 Å². The maximum atomic E-state index is 12.0. The summed E-state index contributed by atoms with van der Waals surface area (Å²) in [5.41, 5.74) is 1.56. The van der Waals surface area contributed by atoms with E-state index in [-0.39, 0.29) is 6.09 Å². The molecule has 0 atom stereocenters. The quantitative estimate of drug-likeness (QED) is 0.634. The van der Waals surface area contributed by atoms with Gasteiger partial charge in [-0.1, -0.05) is 6.08 Å². The van der Waals surface area contributed by atoms with Crippen LogP contribution in [-0.4, -0.2) is 41.8 Å². The first-order valence-corrected chi connectivity index (χ1v) is 7.23. The number of carbonyl (C=O) groups excluding carboxylic acids is 1. The molecule has 0 unspecified atom stereocenters. The highest BCUT2D eigenvalue weighted by atomic mass is 17.2. The second kappa shape index (κ2) is 6.79. The third-order valence-electron chi connectivity index (χ3n) is 3.16. The van der Waals surface area contributed by atoms with Gasteiger partial charge in [-0.2, -0.15) is 4.89 Å². The average Bonchev–Trinajstić information content (AvgIpc) is 2.47. The van der Waals surface area contributed by atoms with E-state index in [0.29, 0.717) is 18.8 Å². The third-order valence-corrected chi connectivity index (χ3v) is 3.16. The minimum absolute atomic E-state index is 0.286. The predicted octanol–water partition coefficient (Wildman–Crippen LogP) is 3.05. The number of rotatable bonds is 3. The lowest BCUT2D eigenvalue weighted by Crippen LogP contribution is -2.39. The summed E-state index contributed by atoms with van der Waals surface area (Å²) in [7, 11) is 1.45. The summed E-state index contributed by atoms with van der Waals surface area (Å²) in [4.78, 5) is 27.6. The summed E-state index contributed by atoms with van der Waals surface area (Å²) in [6.07, 6.45) is 5.76. The summed E-state index contributed by atoms with van der Waals surface area (Å²) < 4.78 is 5.38. The Morgan fingerprint density at radius 1 is 1.36 bits per heavy atom. The first kappa shape index (κ1) is 16.3. The van der Waals surface area contributed by atoms with Crippen molar-refractivity contribution in [3.63, 3.8) is 0 Å². The lowest BCUT2D eigenvalue weighted by molar-refractivity contribution is -0.178. The zero-order chi connectivity index (χ0) is 16.2. The van der Waals surface area contributed by atoms with E-state index < -0.39 is 5.60 Å². The van der Waals surface area contributed by atoms with Crippen LogP contribution in [0.25, 0.3) is 5.57 Å². The predicted molar refractivity (Wildman–Crippen MR) is 82.3 cm³/mol. The molecule has 1 amide bonds. The molecule has 0 saturated carbocycles. The van der Waals surface area contributed by atoms with Gasteiger partial charge in [-0.05, 0) is 38.8 Å². The first-order chi connectivity index (χ1) is 10.4. The van der Waals surface area contributed by atoms with Gasteiger partial charge >= 0.3 is 6.09 Å². The second-order valence-electron chi connectivity index (χ2n) is 6.03. The molecule has 0 radical (unpaired) electrons. The van der Waals surface area contributed by atoms with Crippen molar-refractivity contribution in [2.24, 2.45) is 0 Å². The van der Waals surface area contributed by atoms with Crippen LogP contribution in [0.3, 0.4) is 0 Å². The molecular formula is C16H22N2O4. The van der Waals surface area contributed by atoms with E-state index in [1.807, 2.05) is 32.9 Å². The summed E-state index contributed by atoms with van der Waals surface area (Å²) in [5.74, 6) is 0.571. The molecule has 2 heterocycles. The molecule has 120 valence electrons. The lowest BCUT2D eigenvalue weighted by atomic mass is 10.00. The number of hydrogen-bond donors (Lipinski definition) is 0. The van der Waals surface area contributed by atoms with Gasteiger partial charge < -0.3 is 14.5 Å². The van der Waals surface area contributed by atoms with E-state index in [4.69, 9.17) is 14.5 Å². The van der Waals surface area contributed by atoms with Crippen LogP contribution in [0, 0.1) is 0 Å². The Labute approximate surface area is 130 Å². The number of ether oxygens (including phenoxy) is 1. The van der Waals surface area contributed by atoms with Gasteiger partial charge in [0.2, 0.25) is 0 Å². The van der Waals surface area contributed by atoms with Gasteiger partial charge in [0.15, 0.2) is 5.75 Å².